The van der Waals surface area contributed by atoms with E-state index in [9.17, 15) is 18.0 Å². The molecule has 0 radical (unpaired) electrons. The standard InChI is InChI=1S/C25H31F3N4O/c1-15(16-8-10-19(11-9-16)25(26,27)28)31-13-12-21-20(14-31)23(33)32(24(29)30-21)22(17-4-2-5-17)18-6-3-7-18/h8-11,15,17-18,22H,2-7,12-14H2,1H3,(H2,29,30). The molecule has 33 heavy (non-hydrogen) atoms. The molecule has 2 saturated carbocycles. The molecular formula is C25H31F3N4O. The summed E-state index contributed by atoms with van der Waals surface area (Å²) in [7, 11) is 0. The van der Waals surface area contributed by atoms with E-state index < -0.39 is 11.7 Å². The van der Waals surface area contributed by atoms with Gasteiger partial charge >= 0.3 is 6.18 Å². The molecule has 1 aromatic heterocycles. The van der Waals surface area contributed by atoms with Crippen molar-refractivity contribution < 1.29 is 13.2 Å². The van der Waals surface area contributed by atoms with Gasteiger partial charge in [0.15, 0.2) is 0 Å². The Morgan fingerprint density at radius 2 is 1.67 bits per heavy atom. The first-order valence-electron chi connectivity index (χ1n) is 12.0. The van der Waals surface area contributed by atoms with Gasteiger partial charge in [-0.1, -0.05) is 25.0 Å². The Hall–Kier alpha value is -2.35. The fraction of sp³-hybridized carbons (Fsp3) is 0.600. The van der Waals surface area contributed by atoms with Crippen LogP contribution in [-0.4, -0.2) is 21.0 Å². The quantitative estimate of drug-likeness (QED) is 0.674. The molecule has 3 aliphatic rings. The minimum atomic E-state index is -4.35. The van der Waals surface area contributed by atoms with E-state index in [0.717, 1.165) is 49.1 Å². The lowest BCUT2D eigenvalue weighted by Gasteiger charge is -2.44. The number of hydrogen-bond donors (Lipinski definition) is 1. The Morgan fingerprint density at radius 3 is 2.18 bits per heavy atom. The second-order valence-electron chi connectivity index (χ2n) is 9.96. The van der Waals surface area contributed by atoms with Crippen LogP contribution in [0.2, 0.25) is 0 Å². The minimum absolute atomic E-state index is 0.0226. The molecule has 2 N–H and O–H groups in total. The number of anilines is 1. The van der Waals surface area contributed by atoms with Gasteiger partial charge in [-0.25, -0.2) is 4.98 Å². The highest BCUT2D eigenvalue weighted by Crippen LogP contribution is 2.47. The molecular weight excluding hydrogens is 429 g/mol. The van der Waals surface area contributed by atoms with Crippen molar-refractivity contribution in [3.05, 3.63) is 57.0 Å². The van der Waals surface area contributed by atoms with E-state index in [1.165, 1.54) is 25.0 Å². The van der Waals surface area contributed by atoms with Crippen LogP contribution in [0.3, 0.4) is 0 Å². The van der Waals surface area contributed by atoms with Gasteiger partial charge in [0.25, 0.3) is 5.56 Å². The van der Waals surface area contributed by atoms with Crippen molar-refractivity contribution in [3.8, 4) is 0 Å². The summed E-state index contributed by atoms with van der Waals surface area (Å²) >= 11 is 0. The Bertz CT molecular complexity index is 1060. The molecule has 5 rings (SSSR count). The zero-order chi connectivity index (χ0) is 23.3. The van der Waals surface area contributed by atoms with Crippen LogP contribution < -0.4 is 11.3 Å². The van der Waals surface area contributed by atoms with Crippen LogP contribution >= 0.6 is 0 Å². The van der Waals surface area contributed by atoms with Crippen molar-refractivity contribution in [2.75, 3.05) is 12.3 Å². The molecule has 1 unspecified atom stereocenters. The van der Waals surface area contributed by atoms with Crippen LogP contribution in [0.4, 0.5) is 19.1 Å². The lowest BCUT2D eigenvalue weighted by Crippen LogP contribution is -2.45. The summed E-state index contributed by atoms with van der Waals surface area (Å²) in [4.78, 5) is 20.5. The second-order valence-corrected chi connectivity index (χ2v) is 9.96. The van der Waals surface area contributed by atoms with E-state index in [4.69, 9.17) is 5.73 Å². The number of hydrogen-bond acceptors (Lipinski definition) is 4. The summed E-state index contributed by atoms with van der Waals surface area (Å²) in [5.41, 5.74) is 7.95. The maximum atomic E-state index is 13.7. The van der Waals surface area contributed by atoms with Gasteiger partial charge in [0.1, 0.15) is 0 Å². The second kappa shape index (κ2) is 8.46. The molecule has 1 aromatic carbocycles. The molecule has 1 aliphatic heterocycles. The number of nitrogen functional groups attached to an aromatic ring is 1. The third-order valence-corrected chi connectivity index (χ3v) is 8.15. The predicted octanol–water partition coefficient (Wildman–Crippen LogP) is 5.10. The van der Waals surface area contributed by atoms with E-state index in [2.05, 4.69) is 9.88 Å². The van der Waals surface area contributed by atoms with Crippen molar-refractivity contribution in [1.29, 1.82) is 0 Å². The van der Waals surface area contributed by atoms with Gasteiger partial charge in [-0.05, 0) is 62.1 Å². The summed E-state index contributed by atoms with van der Waals surface area (Å²) in [6.45, 7) is 3.09. The highest BCUT2D eigenvalue weighted by Gasteiger charge is 2.40. The van der Waals surface area contributed by atoms with Crippen LogP contribution in [0.1, 0.15) is 79.9 Å². The first-order valence-corrected chi connectivity index (χ1v) is 12.0. The highest BCUT2D eigenvalue weighted by atomic mass is 19.4. The Balaban J connectivity index is 1.42. The van der Waals surface area contributed by atoms with Crippen molar-refractivity contribution in [2.45, 2.75) is 76.7 Å². The van der Waals surface area contributed by atoms with Gasteiger partial charge in [0.2, 0.25) is 5.95 Å². The van der Waals surface area contributed by atoms with Crippen molar-refractivity contribution in [3.63, 3.8) is 0 Å². The summed E-state index contributed by atoms with van der Waals surface area (Å²) in [5, 5.41) is 0. The molecule has 2 aliphatic carbocycles. The third kappa shape index (κ3) is 4.07. The Labute approximate surface area is 191 Å². The first-order chi connectivity index (χ1) is 15.7. The largest absolute Gasteiger partial charge is 0.416 e. The van der Waals surface area contributed by atoms with Gasteiger partial charge in [0.05, 0.1) is 16.8 Å². The van der Waals surface area contributed by atoms with Crippen molar-refractivity contribution >= 4 is 5.95 Å². The van der Waals surface area contributed by atoms with Gasteiger partial charge in [0, 0.05) is 31.6 Å². The summed E-state index contributed by atoms with van der Waals surface area (Å²) in [6.07, 6.45) is 3.24. The number of benzene rings is 1. The number of alkyl halides is 3. The van der Waals surface area contributed by atoms with Gasteiger partial charge in [-0.15, -0.1) is 0 Å². The minimum Gasteiger partial charge on any atom is -0.369 e. The zero-order valence-electron chi connectivity index (χ0n) is 18.9. The van der Waals surface area contributed by atoms with E-state index in [0.29, 0.717) is 42.9 Å². The molecule has 178 valence electrons. The molecule has 1 atom stereocenters. The summed E-state index contributed by atoms with van der Waals surface area (Å²) in [6, 6.07) is 5.35. The third-order valence-electron chi connectivity index (χ3n) is 8.15. The smallest absolute Gasteiger partial charge is 0.369 e. The SMILES string of the molecule is CC(c1ccc(C(F)(F)F)cc1)N1CCc2nc(N)n(C(C3CCC3)C3CCC3)c(=O)c2C1. The van der Waals surface area contributed by atoms with Crippen LogP contribution in [0.5, 0.6) is 0 Å². The maximum Gasteiger partial charge on any atom is 0.416 e. The fourth-order valence-electron chi connectivity index (χ4n) is 5.68. The summed E-state index contributed by atoms with van der Waals surface area (Å²) in [5.74, 6) is 1.34. The molecule has 0 spiro atoms. The number of nitrogens with zero attached hydrogens (tertiary/aromatic N) is 3. The summed E-state index contributed by atoms with van der Waals surface area (Å²) < 4.78 is 40.6. The monoisotopic (exact) mass is 460 g/mol. The molecule has 0 amide bonds. The molecule has 5 nitrogen and oxygen atoms in total. The van der Waals surface area contributed by atoms with Gasteiger partial charge < -0.3 is 5.73 Å². The lowest BCUT2D eigenvalue weighted by atomic mass is 9.68. The van der Waals surface area contributed by atoms with Crippen molar-refractivity contribution in [2.24, 2.45) is 11.8 Å². The van der Waals surface area contributed by atoms with Crippen molar-refractivity contribution in [1.82, 2.24) is 14.5 Å². The number of aromatic nitrogens is 2. The average molecular weight is 461 g/mol. The van der Waals surface area contributed by atoms with Gasteiger partial charge in [-0.2, -0.15) is 13.2 Å². The average Bonchev–Trinajstić information content (AvgIpc) is 2.70. The first kappa shape index (κ1) is 22.4. The maximum absolute atomic E-state index is 13.7. The number of fused-ring (bicyclic) bond motifs is 1. The predicted molar refractivity (Wildman–Crippen MR) is 121 cm³/mol. The van der Waals surface area contributed by atoms with Crippen LogP contribution in [-0.2, 0) is 19.1 Å². The number of halogens is 3. The molecule has 2 heterocycles. The normalized spacial score (nSPS) is 20.9. The molecule has 8 heteroatoms. The Morgan fingerprint density at radius 1 is 1.06 bits per heavy atom. The topological polar surface area (TPSA) is 64.2 Å². The van der Waals surface area contributed by atoms with Crippen LogP contribution in [0, 0.1) is 11.8 Å². The molecule has 0 bridgehead atoms. The van der Waals surface area contributed by atoms with E-state index in [1.54, 1.807) is 4.57 Å². The van der Waals surface area contributed by atoms with E-state index >= 15 is 0 Å². The molecule has 2 fully saturated rings. The lowest BCUT2D eigenvalue weighted by molar-refractivity contribution is -0.137. The van der Waals surface area contributed by atoms with Crippen LogP contribution in [0.15, 0.2) is 29.1 Å². The van der Waals surface area contributed by atoms with E-state index in [1.807, 2.05) is 6.92 Å². The zero-order valence-corrected chi connectivity index (χ0v) is 18.9. The van der Waals surface area contributed by atoms with Gasteiger partial charge in [-0.3, -0.25) is 14.3 Å². The molecule has 0 saturated heterocycles. The number of rotatable bonds is 5. The van der Waals surface area contributed by atoms with Crippen LogP contribution in [0.25, 0.3) is 0 Å². The fourth-order valence-corrected chi connectivity index (χ4v) is 5.68. The highest BCUT2D eigenvalue weighted by molar-refractivity contribution is 5.32. The molecule has 2 aromatic rings. The number of nitrogens with two attached hydrogens (primary N) is 1. The van der Waals surface area contributed by atoms with E-state index in [-0.39, 0.29) is 17.6 Å². The Kier molecular flexibility index (Phi) is 5.75.